The number of rotatable bonds is 4. The molecule has 1 atom stereocenters. The Morgan fingerprint density at radius 3 is 2.90 bits per heavy atom. The van der Waals surface area contributed by atoms with Crippen LogP contribution in [0.4, 0.5) is 20.5 Å². The van der Waals surface area contributed by atoms with Crippen molar-refractivity contribution < 1.29 is 13.2 Å². The minimum Gasteiger partial charge on any atom is -0.408 e. The van der Waals surface area contributed by atoms with Crippen LogP contribution in [0.2, 0.25) is 0 Å². The number of hydrogen-bond donors (Lipinski definition) is 1. The summed E-state index contributed by atoms with van der Waals surface area (Å²) in [4.78, 5) is 2.05. The highest BCUT2D eigenvalue weighted by molar-refractivity contribution is 5.47. The normalized spacial score (nSPS) is 18.2. The van der Waals surface area contributed by atoms with Gasteiger partial charge in [-0.1, -0.05) is 5.10 Å². The molecule has 5 nitrogen and oxygen atoms in total. The minimum atomic E-state index is -0.817. The summed E-state index contributed by atoms with van der Waals surface area (Å²) >= 11 is 0. The van der Waals surface area contributed by atoms with E-state index in [2.05, 4.69) is 15.5 Å². The number of nitrogens with zero attached hydrogens (tertiary/aromatic N) is 3. The van der Waals surface area contributed by atoms with Crippen molar-refractivity contribution >= 4 is 11.7 Å². The summed E-state index contributed by atoms with van der Waals surface area (Å²) in [7, 11) is 0. The molecule has 0 saturated carbocycles. The standard InChI is InChI=1S/C14H16F2N4O/c1-9-18-19-14(21-9)17-7-10-4-5-20(8-10)11-2-3-12(15)13(16)6-11/h2-3,6,10H,4-5,7-8H2,1H3,(H,17,19). The van der Waals surface area contributed by atoms with Gasteiger partial charge in [-0.2, -0.15) is 0 Å². The average Bonchev–Trinajstić information content (AvgIpc) is 3.08. The average molecular weight is 294 g/mol. The largest absolute Gasteiger partial charge is 0.408 e. The molecule has 0 spiro atoms. The quantitative estimate of drug-likeness (QED) is 0.939. The van der Waals surface area contributed by atoms with Gasteiger partial charge in [0.2, 0.25) is 5.89 Å². The van der Waals surface area contributed by atoms with E-state index in [-0.39, 0.29) is 0 Å². The van der Waals surface area contributed by atoms with Crippen molar-refractivity contribution in [3.8, 4) is 0 Å². The summed E-state index contributed by atoms with van der Waals surface area (Å²) in [6, 6.07) is 4.43. The van der Waals surface area contributed by atoms with Crippen LogP contribution in [0.3, 0.4) is 0 Å². The number of benzene rings is 1. The van der Waals surface area contributed by atoms with Gasteiger partial charge in [0, 0.05) is 38.3 Å². The number of hydrogen-bond acceptors (Lipinski definition) is 5. The fourth-order valence-corrected chi connectivity index (χ4v) is 2.52. The maximum absolute atomic E-state index is 13.3. The van der Waals surface area contributed by atoms with Gasteiger partial charge in [-0.25, -0.2) is 8.78 Å². The van der Waals surface area contributed by atoms with Crippen molar-refractivity contribution in [2.75, 3.05) is 29.9 Å². The summed E-state index contributed by atoms with van der Waals surface area (Å²) in [5, 5.41) is 10.7. The lowest BCUT2D eigenvalue weighted by atomic mass is 10.1. The molecule has 0 aliphatic carbocycles. The van der Waals surface area contributed by atoms with Gasteiger partial charge in [-0.15, -0.1) is 5.10 Å². The number of aryl methyl sites for hydroxylation is 1. The Morgan fingerprint density at radius 1 is 1.33 bits per heavy atom. The summed E-state index contributed by atoms with van der Waals surface area (Å²) in [6.07, 6.45) is 0.971. The van der Waals surface area contributed by atoms with Gasteiger partial charge < -0.3 is 14.6 Å². The first-order chi connectivity index (χ1) is 10.1. The van der Waals surface area contributed by atoms with E-state index in [0.717, 1.165) is 25.6 Å². The highest BCUT2D eigenvalue weighted by atomic mass is 19.2. The summed E-state index contributed by atoms with van der Waals surface area (Å²) in [5.41, 5.74) is 0.713. The molecular formula is C14H16F2N4O. The van der Waals surface area contributed by atoms with Crippen molar-refractivity contribution in [3.63, 3.8) is 0 Å². The Hall–Kier alpha value is -2.18. The molecule has 1 saturated heterocycles. The predicted molar refractivity (Wildman–Crippen MR) is 74.2 cm³/mol. The molecule has 1 aromatic carbocycles. The first-order valence-corrected chi connectivity index (χ1v) is 6.86. The van der Waals surface area contributed by atoms with Crippen LogP contribution in [-0.2, 0) is 0 Å². The zero-order valence-electron chi connectivity index (χ0n) is 11.6. The summed E-state index contributed by atoms with van der Waals surface area (Å²) in [5.74, 6) is -0.712. The first kappa shape index (κ1) is 13.8. The van der Waals surface area contributed by atoms with Crippen molar-refractivity contribution in [3.05, 3.63) is 35.7 Å². The van der Waals surface area contributed by atoms with E-state index < -0.39 is 11.6 Å². The van der Waals surface area contributed by atoms with Crippen LogP contribution in [0, 0.1) is 24.5 Å². The van der Waals surface area contributed by atoms with Gasteiger partial charge in [-0.3, -0.25) is 0 Å². The minimum absolute atomic E-state index is 0.394. The zero-order valence-corrected chi connectivity index (χ0v) is 11.6. The number of nitrogens with one attached hydrogen (secondary N) is 1. The molecule has 1 aliphatic rings. The topological polar surface area (TPSA) is 54.2 Å². The lowest BCUT2D eigenvalue weighted by Crippen LogP contribution is -2.22. The second-order valence-electron chi connectivity index (χ2n) is 5.21. The van der Waals surface area contributed by atoms with E-state index in [9.17, 15) is 8.78 Å². The van der Waals surface area contributed by atoms with Crippen molar-refractivity contribution in [1.29, 1.82) is 0 Å². The van der Waals surface area contributed by atoms with Gasteiger partial charge >= 0.3 is 6.01 Å². The van der Waals surface area contributed by atoms with Gasteiger partial charge in [0.05, 0.1) is 0 Å². The van der Waals surface area contributed by atoms with Crippen LogP contribution >= 0.6 is 0 Å². The van der Waals surface area contributed by atoms with E-state index in [1.54, 1.807) is 13.0 Å². The third-order valence-corrected chi connectivity index (χ3v) is 3.62. The smallest absolute Gasteiger partial charge is 0.315 e. The molecule has 2 heterocycles. The Balaban J connectivity index is 1.56. The third-order valence-electron chi connectivity index (χ3n) is 3.62. The highest BCUT2D eigenvalue weighted by Crippen LogP contribution is 2.25. The van der Waals surface area contributed by atoms with Gasteiger partial charge in [0.1, 0.15) is 0 Å². The van der Waals surface area contributed by atoms with Crippen molar-refractivity contribution in [2.24, 2.45) is 5.92 Å². The van der Waals surface area contributed by atoms with Crippen LogP contribution in [0.1, 0.15) is 12.3 Å². The van der Waals surface area contributed by atoms with Gasteiger partial charge in [0.25, 0.3) is 0 Å². The number of halogens is 2. The van der Waals surface area contributed by atoms with E-state index in [1.165, 1.54) is 6.07 Å². The second kappa shape index (κ2) is 5.67. The van der Waals surface area contributed by atoms with Crippen LogP contribution < -0.4 is 10.2 Å². The van der Waals surface area contributed by atoms with E-state index in [4.69, 9.17) is 4.42 Å². The van der Waals surface area contributed by atoms with Crippen LogP contribution in [-0.4, -0.2) is 29.8 Å². The van der Waals surface area contributed by atoms with Crippen LogP contribution in [0.15, 0.2) is 22.6 Å². The molecule has 1 unspecified atom stereocenters. The van der Waals surface area contributed by atoms with E-state index in [1.807, 2.05) is 4.90 Å². The van der Waals surface area contributed by atoms with E-state index >= 15 is 0 Å². The maximum atomic E-state index is 13.3. The Kier molecular flexibility index (Phi) is 3.72. The Morgan fingerprint density at radius 2 is 2.19 bits per heavy atom. The number of anilines is 2. The second-order valence-corrected chi connectivity index (χ2v) is 5.21. The van der Waals surface area contributed by atoms with Crippen LogP contribution in [0.25, 0.3) is 0 Å². The fraction of sp³-hybridized carbons (Fsp3) is 0.429. The SMILES string of the molecule is Cc1nnc(NCC2CCN(c3ccc(F)c(F)c3)C2)o1. The molecule has 2 aromatic rings. The molecule has 21 heavy (non-hydrogen) atoms. The Labute approximate surface area is 121 Å². The molecule has 1 aliphatic heterocycles. The molecule has 1 N–H and O–H groups in total. The molecular weight excluding hydrogens is 278 g/mol. The summed E-state index contributed by atoms with van der Waals surface area (Å²) < 4.78 is 31.5. The van der Waals surface area contributed by atoms with Crippen LogP contribution in [0.5, 0.6) is 0 Å². The zero-order chi connectivity index (χ0) is 14.8. The highest BCUT2D eigenvalue weighted by Gasteiger charge is 2.23. The van der Waals surface area contributed by atoms with E-state index in [0.29, 0.717) is 30.1 Å². The van der Waals surface area contributed by atoms with Crippen molar-refractivity contribution in [2.45, 2.75) is 13.3 Å². The maximum Gasteiger partial charge on any atom is 0.315 e. The Bertz CT molecular complexity index is 631. The molecule has 1 fully saturated rings. The third kappa shape index (κ3) is 3.12. The molecule has 3 rings (SSSR count). The molecule has 0 amide bonds. The monoisotopic (exact) mass is 294 g/mol. The lowest BCUT2D eigenvalue weighted by molar-refractivity contribution is 0.508. The van der Waals surface area contributed by atoms with Crippen molar-refractivity contribution in [1.82, 2.24) is 10.2 Å². The molecule has 0 radical (unpaired) electrons. The molecule has 112 valence electrons. The number of aromatic nitrogens is 2. The lowest BCUT2D eigenvalue weighted by Gasteiger charge is -2.18. The van der Waals surface area contributed by atoms with Gasteiger partial charge in [-0.05, 0) is 24.5 Å². The fourth-order valence-electron chi connectivity index (χ4n) is 2.52. The molecule has 7 heteroatoms. The summed E-state index contributed by atoms with van der Waals surface area (Å²) in [6.45, 7) is 4.05. The molecule has 1 aromatic heterocycles. The molecule has 0 bridgehead atoms. The predicted octanol–water partition coefficient (Wildman–Crippen LogP) is 2.59. The first-order valence-electron chi connectivity index (χ1n) is 6.86. The van der Waals surface area contributed by atoms with Gasteiger partial charge in [0.15, 0.2) is 11.6 Å².